The second-order valence-corrected chi connectivity index (χ2v) is 13.1. The van der Waals surface area contributed by atoms with Crippen molar-refractivity contribution in [3.8, 4) is 0 Å². The van der Waals surface area contributed by atoms with Crippen molar-refractivity contribution in [2.24, 2.45) is 7.05 Å². The van der Waals surface area contributed by atoms with Gasteiger partial charge in [0.1, 0.15) is 10.6 Å². The third-order valence-corrected chi connectivity index (χ3v) is 11.0. The number of halogens is 8. The van der Waals surface area contributed by atoms with Gasteiger partial charge in [-0.05, 0) is 67.1 Å². The fraction of sp³-hybridized carbons (Fsp3) is 0.379. The summed E-state index contributed by atoms with van der Waals surface area (Å²) >= 11 is 0. The Hall–Kier alpha value is -3.75. The number of fused-ring (bicyclic) bond motifs is 3. The predicted molar refractivity (Wildman–Crippen MR) is 141 cm³/mol. The number of benzene rings is 2. The lowest BCUT2D eigenvalue weighted by Crippen LogP contribution is -2.51. The van der Waals surface area contributed by atoms with E-state index in [1.54, 1.807) is 0 Å². The minimum atomic E-state index is -6.38. The number of hydrogen-bond acceptors (Lipinski definition) is 4. The molecule has 1 aliphatic heterocycles. The number of carbonyl (C=O) groups excluding carboxylic acids is 1. The first kappa shape index (κ1) is 31.7. The van der Waals surface area contributed by atoms with Crippen LogP contribution in [0.5, 0.6) is 0 Å². The maximum absolute atomic E-state index is 15.0. The molecule has 3 aromatic rings. The van der Waals surface area contributed by atoms with Crippen LogP contribution in [0, 0.1) is 5.82 Å². The second kappa shape index (κ2) is 10.4. The van der Waals surface area contributed by atoms with Gasteiger partial charge in [0, 0.05) is 31.4 Å². The highest BCUT2D eigenvalue weighted by Gasteiger charge is 2.73. The maximum atomic E-state index is 15.0. The van der Waals surface area contributed by atoms with E-state index in [0.29, 0.717) is 6.07 Å². The molecule has 0 spiro atoms. The molecular formula is C29H24F8N2O4S. The van der Waals surface area contributed by atoms with Gasteiger partial charge in [0.15, 0.2) is 9.84 Å². The van der Waals surface area contributed by atoms with Crippen LogP contribution < -0.4 is 5.56 Å². The topological polar surface area (TPSA) is 76.5 Å². The molecule has 2 atom stereocenters. The van der Waals surface area contributed by atoms with E-state index in [1.807, 2.05) is 0 Å². The highest BCUT2D eigenvalue weighted by atomic mass is 32.2. The largest absolute Gasteiger partial charge is 0.435 e. The van der Waals surface area contributed by atoms with E-state index in [1.165, 1.54) is 24.2 Å². The Bertz CT molecular complexity index is 1770. The van der Waals surface area contributed by atoms with Crippen molar-refractivity contribution in [2.75, 3.05) is 6.54 Å². The number of sulfone groups is 1. The molecular weight excluding hydrogens is 624 g/mol. The molecule has 0 bridgehead atoms. The Labute approximate surface area is 245 Å². The molecule has 5 rings (SSSR count). The second-order valence-electron chi connectivity index (χ2n) is 10.9. The third kappa shape index (κ3) is 4.61. The van der Waals surface area contributed by atoms with Gasteiger partial charge >= 0.3 is 18.0 Å². The fourth-order valence-corrected chi connectivity index (χ4v) is 8.74. The van der Waals surface area contributed by atoms with Crippen LogP contribution >= 0.6 is 0 Å². The number of carbonyl (C=O) groups is 1. The summed E-state index contributed by atoms with van der Waals surface area (Å²) in [6, 6.07) is 6.38. The van der Waals surface area contributed by atoms with Gasteiger partial charge in [0.2, 0.25) is 5.56 Å². The van der Waals surface area contributed by atoms with Gasteiger partial charge in [0.25, 0.3) is 5.91 Å². The summed E-state index contributed by atoms with van der Waals surface area (Å²) in [5.74, 6) is -1.42. The first-order valence-electron chi connectivity index (χ1n) is 13.3. The molecule has 1 amide bonds. The van der Waals surface area contributed by atoms with E-state index in [0.717, 1.165) is 41.0 Å². The zero-order chi connectivity index (χ0) is 32.5. The quantitative estimate of drug-likeness (QED) is 0.268. The van der Waals surface area contributed by atoms with E-state index < -0.39 is 61.5 Å². The van der Waals surface area contributed by atoms with E-state index in [4.69, 9.17) is 0 Å². The molecule has 1 saturated heterocycles. The molecule has 236 valence electrons. The molecule has 0 N–H and O–H groups in total. The number of pyridine rings is 1. The average molecular weight is 649 g/mol. The first-order valence-corrected chi connectivity index (χ1v) is 14.8. The van der Waals surface area contributed by atoms with Crippen LogP contribution in [0.2, 0.25) is 0 Å². The zero-order valence-electron chi connectivity index (χ0n) is 22.8. The monoisotopic (exact) mass is 648 g/mol. The van der Waals surface area contributed by atoms with Gasteiger partial charge in [-0.3, -0.25) is 9.59 Å². The number of alkyl halides is 7. The van der Waals surface area contributed by atoms with E-state index in [9.17, 15) is 48.7 Å². The van der Waals surface area contributed by atoms with Crippen LogP contribution in [0.25, 0.3) is 0 Å². The first-order chi connectivity index (χ1) is 20.4. The summed E-state index contributed by atoms with van der Waals surface area (Å²) in [5.41, 5.74) is -8.28. The highest BCUT2D eigenvalue weighted by Crippen LogP contribution is 2.56. The van der Waals surface area contributed by atoms with Crippen molar-refractivity contribution in [1.82, 2.24) is 9.47 Å². The number of nitrogens with zero attached hydrogens (tertiary/aromatic N) is 2. The van der Waals surface area contributed by atoms with Crippen molar-refractivity contribution in [3.05, 3.63) is 99.2 Å². The van der Waals surface area contributed by atoms with Gasteiger partial charge in [0.05, 0.1) is 16.5 Å². The van der Waals surface area contributed by atoms with Crippen LogP contribution in [-0.4, -0.2) is 48.7 Å². The number of aryl methyl sites for hydroxylation is 2. The van der Waals surface area contributed by atoms with E-state index >= 15 is 4.39 Å². The smallest absolute Gasteiger partial charge is 0.334 e. The normalized spacial score (nSPS) is 21.0. The van der Waals surface area contributed by atoms with E-state index in [-0.39, 0.29) is 59.9 Å². The van der Waals surface area contributed by atoms with Crippen molar-refractivity contribution in [3.63, 3.8) is 0 Å². The summed E-state index contributed by atoms with van der Waals surface area (Å²) in [5, 5.41) is 0. The molecule has 0 radical (unpaired) electrons. The van der Waals surface area contributed by atoms with Crippen LogP contribution in [-0.2, 0) is 33.7 Å². The molecule has 0 saturated carbocycles. The fourth-order valence-electron chi connectivity index (χ4n) is 6.38. The van der Waals surface area contributed by atoms with Gasteiger partial charge < -0.3 is 9.47 Å². The minimum Gasteiger partial charge on any atom is -0.334 e. The summed E-state index contributed by atoms with van der Waals surface area (Å²) in [6.45, 7) is -0.188. The minimum absolute atomic E-state index is 0.0240. The van der Waals surface area contributed by atoms with Crippen LogP contribution in [0.4, 0.5) is 35.1 Å². The molecule has 1 aliphatic carbocycles. The molecule has 2 heterocycles. The van der Waals surface area contributed by atoms with Crippen molar-refractivity contribution in [1.29, 1.82) is 0 Å². The van der Waals surface area contributed by atoms with Crippen molar-refractivity contribution < 1.29 is 48.3 Å². The summed E-state index contributed by atoms with van der Waals surface area (Å²) < 4.78 is 138. The molecule has 15 heteroatoms. The zero-order valence-corrected chi connectivity index (χ0v) is 23.7. The van der Waals surface area contributed by atoms with Gasteiger partial charge in [-0.25, -0.2) is 17.2 Å². The summed E-state index contributed by atoms with van der Waals surface area (Å²) in [4.78, 5) is 26.5. The molecule has 0 unspecified atom stereocenters. The van der Waals surface area contributed by atoms with E-state index in [2.05, 4.69) is 0 Å². The Balaban J connectivity index is 1.74. The molecule has 6 nitrogen and oxygen atoms in total. The molecule has 44 heavy (non-hydrogen) atoms. The Morgan fingerprint density at radius 3 is 2.16 bits per heavy atom. The van der Waals surface area contributed by atoms with Crippen molar-refractivity contribution in [2.45, 2.75) is 59.4 Å². The van der Waals surface area contributed by atoms with Gasteiger partial charge in [-0.2, -0.15) is 26.3 Å². The highest BCUT2D eigenvalue weighted by molar-refractivity contribution is 7.92. The number of aromatic nitrogens is 1. The number of amides is 1. The average Bonchev–Trinajstić information content (AvgIpc) is 3.25. The van der Waals surface area contributed by atoms with Crippen LogP contribution in [0.1, 0.15) is 46.3 Å². The maximum Gasteiger partial charge on any atom is 0.435 e. The number of rotatable bonds is 4. The molecule has 2 aromatic carbocycles. The van der Waals surface area contributed by atoms with Crippen LogP contribution in [0.3, 0.4) is 0 Å². The Morgan fingerprint density at radius 1 is 0.932 bits per heavy atom. The van der Waals surface area contributed by atoms with Gasteiger partial charge in [-0.1, -0.05) is 18.2 Å². The molecule has 1 aromatic heterocycles. The summed E-state index contributed by atoms with van der Waals surface area (Å²) in [7, 11) is -3.24. The third-order valence-electron chi connectivity index (χ3n) is 8.50. The number of hydrogen-bond donors (Lipinski definition) is 0. The molecule has 1 fully saturated rings. The summed E-state index contributed by atoms with van der Waals surface area (Å²) in [6.07, 6.45) is -12.1. The Kier molecular flexibility index (Phi) is 7.50. The standard InChI is InChI=1S/C29H24F8N2O4S/c1-38-16-18(5-12-24(38)40)25(41)39-14-13-26(44(42,43)21-9-7-20(30)8-10-21)22-11-6-19(15-17(22)3-2-4-23(26)39)27(31,28(32,33)34)29(35,36)37/h5-12,15-16,23H,2-4,13-14H2,1H3/t23-,26-/m1/s1. The van der Waals surface area contributed by atoms with Crippen molar-refractivity contribution >= 4 is 15.7 Å². The van der Waals surface area contributed by atoms with Gasteiger partial charge in [-0.15, -0.1) is 0 Å². The Morgan fingerprint density at radius 2 is 1.57 bits per heavy atom. The lowest BCUT2D eigenvalue weighted by molar-refractivity contribution is -0.348. The lowest BCUT2D eigenvalue weighted by atomic mass is 9.84. The van der Waals surface area contributed by atoms with Crippen LogP contribution in [0.15, 0.2) is 70.5 Å². The number of likely N-dealkylation sites (tertiary alicyclic amines) is 1. The molecule has 2 aliphatic rings. The lowest BCUT2D eigenvalue weighted by Gasteiger charge is -2.38. The SMILES string of the molecule is Cn1cc(C(=O)N2CC[C@@]3(S(=O)(=O)c4ccc(F)cc4)c4ccc(C(F)(C(F)(F)F)C(F)(F)F)cc4CCC[C@@H]23)ccc1=O. The predicted octanol–water partition coefficient (Wildman–Crippen LogP) is 5.73.